The van der Waals surface area contributed by atoms with Gasteiger partial charge in [0.05, 0.1) is 0 Å². The average Bonchev–Trinajstić information content (AvgIpc) is 3.35. The van der Waals surface area contributed by atoms with Gasteiger partial charge in [-0.1, -0.05) is 53.7 Å². The molecule has 1 heterocycles. The highest BCUT2D eigenvalue weighted by Crippen LogP contribution is 2.27. The summed E-state index contributed by atoms with van der Waals surface area (Å²) in [4.78, 5) is 4.53. The van der Waals surface area contributed by atoms with Crippen LogP contribution in [0.2, 0.25) is 0 Å². The van der Waals surface area contributed by atoms with E-state index in [2.05, 4.69) is 10.1 Å². The summed E-state index contributed by atoms with van der Waals surface area (Å²) in [5.41, 5.74) is 2.81. The van der Waals surface area contributed by atoms with Gasteiger partial charge in [0.25, 0.3) is 5.89 Å². The van der Waals surface area contributed by atoms with Gasteiger partial charge in [0.2, 0.25) is 5.82 Å². The maximum absolute atomic E-state index is 5.83. The summed E-state index contributed by atoms with van der Waals surface area (Å²) in [5.74, 6) is 3.30. The third-order valence-electron chi connectivity index (χ3n) is 4.87. The van der Waals surface area contributed by atoms with Gasteiger partial charge in [-0.25, -0.2) is 0 Å². The Kier molecular flexibility index (Phi) is 5.62. The molecular formula is C27H20N2O3. The molecule has 0 amide bonds. The zero-order valence-corrected chi connectivity index (χ0v) is 17.2. The van der Waals surface area contributed by atoms with Crippen LogP contribution in [0.15, 0.2) is 114 Å². The molecule has 4 aromatic carbocycles. The standard InChI is InChI=1S/C27H20N2O3/c1-3-7-20(8-4-1)19-30-23-15-13-22(14-16-23)27-28-26(29-32-27)21-11-17-25(18-12-21)31-24-9-5-2-6-10-24/h1-18H,19H2. The van der Waals surface area contributed by atoms with Crippen LogP contribution >= 0.6 is 0 Å². The number of nitrogens with zero attached hydrogens (tertiary/aromatic N) is 2. The topological polar surface area (TPSA) is 57.4 Å². The van der Waals surface area contributed by atoms with Gasteiger partial charge in [0.15, 0.2) is 0 Å². The van der Waals surface area contributed by atoms with Crippen molar-refractivity contribution >= 4 is 0 Å². The molecule has 0 unspecified atom stereocenters. The summed E-state index contributed by atoms with van der Waals surface area (Å²) < 4.78 is 17.1. The molecular weight excluding hydrogens is 400 g/mol. The second-order valence-electron chi connectivity index (χ2n) is 7.16. The van der Waals surface area contributed by atoms with Gasteiger partial charge >= 0.3 is 0 Å². The maximum Gasteiger partial charge on any atom is 0.258 e. The molecule has 32 heavy (non-hydrogen) atoms. The highest BCUT2D eigenvalue weighted by Gasteiger charge is 2.11. The number of para-hydroxylation sites is 1. The summed E-state index contributed by atoms with van der Waals surface area (Å²) in [6.07, 6.45) is 0. The lowest BCUT2D eigenvalue weighted by Gasteiger charge is -2.06. The molecule has 0 saturated carbocycles. The van der Waals surface area contributed by atoms with Crippen molar-refractivity contribution < 1.29 is 14.0 Å². The largest absolute Gasteiger partial charge is 0.489 e. The highest BCUT2D eigenvalue weighted by atomic mass is 16.5. The summed E-state index contributed by atoms with van der Waals surface area (Å²) in [6, 6.07) is 34.9. The van der Waals surface area contributed by atoms with Crippen LogP contribution in [0.5, 0.6) is 17.2 Å². The monoisotopic (exact) mass is 420 g/mol. The van der Waals surface area contributed by atoms with Crippen LogP contribution in [0, 0.1) is 0 Å². The number of benzene rings is 4. The quantitative estimate of drug-likeness (QED) is 0.291. The van der Waals surface area contributed by atoms with E-state index in [1.54, 1.807) is 0 Å². The van der Waals surface area contributed by atoms with E-state index in [-0.39, 0.29) is 0 Å². The van der Waals surface area contributed by atoms with Gasteiger partial charge < -0.3 is 14.0 Å². The van der Waals surface area contributed by atoms with Crippen LogP contribution in [0.4, 0.5) is 0 Å². The first kappa shape index (κ1) is 19.6. The van der Waals surface area contributed by atoms with Gasteiger partial charge in [-0.2, -0.15) is 4.98 Å². The smallest absolute Gasteiger partial charge is 0.258 e. The minimum atomic E-state index is 0.458. The molecule has 0 aliphatic heterocycles. The normalized spacial score (nSPS) is 10.6. The van der Waals surface area contributed by atoms with Gasteiger partial charge in [-0.05, 0) is 66.2 Å². The van der Waals surface area contributed by atoms with Crippen LogP contribution < -0.4 is 9.47 Å². The fourth-order valence-corrected chi connectivity index (χ4v) is 3.19. The van der Waals surface area contributed by atoms with E-state index in [0.717, 1.165) is 33.9 Å². The highest BCUT2D eigenvalue weighted by molar-refractivity contribution is 5.61. The Labute approximate surface area is 185 Å². The van der Waals surface area contributed by atoms with E-state index in [4.69, 9.17) is 14.0 Å². The molecule has 0 atom stereocenters. The number of ether oxygens (including phenoxy) is 2. The lowest BCUT2D eigenvalue weighted by Crippen LogP contribution is -1.94. The van der Waals surface area contributed by atoms with Gasteiger partial charge in [0, 0.05) is 11.1 Å². The summed E-state index contributed by atoms with van der Waals surface area (Å²) in [5, 5.41) is 4.12. The Balaban J connectivity index is 1.24. The summed E-state index contributed by atoms with van der Waals surface area (Å²) >= 11 is 0. The molecule has 1 aromatic heterocycles. The zero-order valence-electron chi connectivity index (χ0n) is 17.2. The number of rotatable bonds is 7. The molecule has 0 bridgehead atoms. The maximum atomic E-state index is 5.83. The Bertz CT molecular complexity index is 1270. The minimum absolute atomic E-state index is 0.458. The van der Waals surface area contributed by atoms with Gasteiger partial charge in [-0.3, -0.25) is 0 Å². The summed E-state index contributed by atoms with van der Waals surface area (Å²) in [6.45, 7) is 0.523. The Morgan fingerprint density at radius 2 is 1.19 bits per heavy atom. The van der Waals surface area contributed by atoms with Crippen molar-refractivity contribution in [3.63, 3.8) is 0 Å². The van der Waals surface area contributed by atoms with Crippen molar-refractivity contribution in [3.8, 4) is 40.1 Å². The van der Waals surface area contributed by atoms with E-state index < -0.39 is 0 Å². The van der Waals surface area contributed by atoms with Crippen LogP contribution in [-0.4, -0.2) is 10.1 Å². The Morgan fingerprint density at radius 3 is 1.91 bits per heavy atom. The minimum Gasteiger partial charge on any atom is -0.489 e. The van der Waals surface area contributed by atoms with Crippen LogP contribution in [0.1, 0.15) is 5.56 Å². The zero-order chi connectivity index (χ0) is 21.6. The number of aromatic nitrogens is 2. The van der Waals surface area contributed by atoms with Crippen LogP contribution in [-0.2, 0) is 6.61 Å². The van der Waals surface area contributed by atoms with Crippen molar-refractivity contribution in [1.29, 1.82) is 0 Å². The Hall–Kier alpha value is -4.38. The van der Waals surface area contributed by atoms with Crippen molar-refractivity contribution in [2.45, 2.75) is 6.61 Å². The molecule has 0 saturated heterocycles. The predicted octanol–water partition coefficient (Wildman–Crippen LogP) is 6.77. The van der Waals surface area contributed by atoms with Crippen LogP contribution in [0.25, 0.3) is 22.8 Å². The molecule has 0 radical (unpaired) electrons. The van der Waals surface area contributed by atoms with Crippen molar-refractivity contribution in [2.75, 3.05) is 0 Å². The van der Waals surface area contributed by atoms with Crippen molar-refractivity contribution in [2.24, 2.45) is 0 Å². The van der Waals surface area contributed by atoms with Gasteiger partial charge in [-0.15, -0.1) is 0 Å². The Morgan fingerprint density at radius 1 is 0.594 bits per heavy atom. The molecule has 5 rings (SSSR count). The van der Waals surface area contributed by atoms with Gasteiger partial charge in [0.1, 0.15) is 23.9 Å². The molecule has 5 aromatic rings. The molecule has 0 aliphatic carbocycles. The number of hydrogen-bond acceptors (Lipinski definition) is 5. The third kappa shape index (κ3) is 4.68. The van der Waals surface area contributed by atoms with E-state index in [9.17, 15) is 0 Å². The fourth-order valence-electron chi connectivity index (χ4n) is 3.19. The average molecular weight is 420 g/mol. The summed E-state index contributed by atoms with van der Waals surface area (Å²) in [7, 11) is 0. The second-order valence-corrected chi connectivity index (χ2v) is 7.16. The lowest BCUT2D eigenvalue weighted by atomic mass is 10.2. The van der Waals surface area contributed by atoms with Crippen LogP contribution in [0.3, 0.4) is 0 Å². The van der Waals surface area contributed by atoms with E-state index in [0.29, 0.717) is 18.3 Å². The third-order valence-corrected chi connectivity index (χ3v) is 4.87. The molecule has 156 valence electrons. The first-order chi connectivity index (χ1) is 15.8. The fraction of sp³-hybridized carbons (Fsp3) is 0.0370. The SMILES string of the molecule is c1ccc(COc2ccc(-c3nc(-c4ccc(Oc5ccccc5)cc4)no3)cc2)cc1. The first-order valence-corrected chi connectivity index (χ1v) is 10.3. The first-order valence-electron chi connectivity index (χ1n) is 10.3. The van der Waals surface area contributed by atoms with Crippen molar-refractivity contribution in [1.82, 2.24) is 10.1 Å². The number of hydrogen-bond donors (Lipinski definition) is 0. The lowest BCUT2D eigenvalue weighted by molar-refractivity contribution is 0.306. The van der Waals surface area contributed by atoms with Crippen molar-refractivity contribution in [3.05, 3.63) is 115 Å². The van der Waals surface area contributed by atoms with E-state index >= 15 is 0 Å². The molecule has 0 spiro atoms. The van der Waals surface area contributed by atoms with E-state index in [1.807, 2.05) is 109 Å². The molecule has 0 aliphatic rings. The molecule has 0 N–H and O–H groups in total. The molecule has 5 nitrogen and oxygen atoms in total. The second kappa shape index (κ2) is 9.18. The molecule has 5 heteroatoms. The van der Waals surface area contributed by atoms with E-state index in [1.165, 1.54) is 0 Å². The predicted molar refractivity (Wildman–Crippen MR) is 122 cm³/mol. The molecule has 0 fully saturated rings.